The van der Waals surface area contributed by atoms with E-state index in [0.717, 1.165) is 16.0 Å². The first-order valence-corrected chi connectivity index (χ1v) is 7.03. The Labute approximate surface area is 107 Å². The molecule has 3 aromatic rings. The van der Waals surface area contributed by atoms with Crippen molar-refractivity contribution in [2.45, 2.75) is 6.92 Å². The molecule has 0 bridgehead atoms. The van der Waals surface area contributed by atoms with Gasteiger partial charge < -0.3 is 0 Å². The smallest absolute Gasteiger partial charge is 0.203 e. The highest BCUT2D eigenvalue weighted by molar-refractivity contribution is 7.28. The molecule has 17 heavy (non-hydrogen) atoms. The minimum absolute atomic E-state index is 0.136. The number of hydrogen-bond acceptors (Lipinski definition) is 3. The highest BCUT2D eigenvalue weighted by Gasteiger charge is 2.14. The van der Waals surface area contributed by atoms with Crippen LogP contribution in [0.1, 0.15) is 20.8 Å². The summed E-state index contributed by atoms with van der Waals surface area (Å²) in [6.07, 6.45) is 0. The quantitative estimate of drug-likeness (QED) is 0.618. The first-order valence-electron chi connectivity index (χ1n) is 5.33. The summed E-state index contributed by atoms with van der Waals surface area (Å²) >= 11 is 3.26. The molecule has 0 aliphatic rings. The first-order chi connectivity index (χ1) is 8.25. The molecule has 3 heteroatoms. The summed E-state index contributed by atoms with van der Waals surface area (Å²) < 4.78 is 2.40. The van der Waals surface area contributed by atoms with Gasteiger partial charge >= 0.3 is 0 Å². The molecule has 0 atom stereocenters. The monoisotopic (exact) mass is 258 g/mol. The summed E-state index contributed by atoms with van der Waals surface area (Å²) in [7, 11) is 0. The predicted molar refractivity (Wildman–Crippen MR) is 74.3 cm³/mol. The highest BCUT2D eigenvalue weighted by atomic mass is 32.1. The maximum Gasteiger partial charge on any atom is 0.203 e. The zero-order valence-corrected chi connectivity index (χ0v) is 10.9. The van der Waals surface area contributed by atoms with Crippen LogP contribution in [0.15, 0.2) is 41.8 Å². The third-order valence-electron chi connectivity index (χ3n) is 2.75. The molecule has 0 spiro atoms. The van der Waals surface area contributed by atoms with E-state index in [0.29, 0.717) is 0 Å². The molecular weight excluding hydrogens is 248 g/mol. The molecule has 0 unspecified atom stereocenters. The summed E-state index contributed by atoms with van der Waals surface area (Å²) in [6, 6.07) is 11.8. The third-order valence-corrected chi connectivity index (χ3v) is 4.85. The molecule has 0 aliphatic carbocycles. The van der Waals surface area contributed by atoms with Crippen LogP contribution in [0.25, 0.3) is 9.40 Å². The molecule has 0 saturated carbocycles. The van der Waals surface area contributed by atoms with E-state index in [9.17, 15) is 4.79 Å². The number of benzene rings is 1. The van der Waals surface area contributed by atoms with Crippen molar-refractivity contribution in [2.75, 3.05) is 0 Å². The summed E-state index contributed by atoms with van der Waals surface area (Å²) in [6.45, 7) is 1.98. The number of aryl methyl sites for hydroxylation is 1. The van der Waals surface area contributed by atoms with Crippen molar-refractivity contribution < 1.29 is 4.79 Å². The fourth-order valence-corrected chi connectivity index (χ4v) is 3.90. The van der Waals surface area contributed by atoms with Crippen molar-refractivity contribution in [1.29, 1.82) is 0 Å². The van der Waals surface area contributed by atoms with Gasteiger partial charge in [0.05, 0.1) is 4.88 Å². The summed E-state index contributed by atoms with van der Waals surface area (Å²) in [4.78, 5) is 13.2. The minimum atomic E-state index is 0.136. The van der Waals surface area contributed by atoms with Crippen molar-refractivity contribution in [2.24, 2.45) is 0 Å². The Morgan fingerprint density at radius 3 is 2.71 bits per heavy atom. The minimum Gasteiger partial charge on any atom is -0.288 e. The van der Waals surface area contributed by atoms with Gasteiger partial charge in [0.2, 0.25) is 5.78 Å². The lowest BCUT2D eigenvalue weighted by atomic mass is 10.0. The Balaban J connectivity index is 2.08. The average Bonchev–Trinajstić information content (AvgIpc) is 2.88. The van der Waals surface area contributed by atoms with E-state index >= 15 is 0 Å². The molecule has 84 valence electrons. The first kappa shape index (κ1) is 10.7. The molecule has 2 heterocycles. The van der Waals surface area contributed by atoms with Crippen LogP contribution in [-0.2, 0) is 0 Å². The zero-order valence-electron chi connectivity index (χ0n) is 9.27. The Kier molecular flexibility index (Phi) is 2.57. The molecule has 0 saturated heterocycles. The second kappa shape index (κ2) is 4.09. The zero-order chi connectivity index (χ0) is 11.8. The van der Waals surface area contributed by atoms with Gasteiger partial charge in [0.1, 0.15) is 0 Å². The van der Waals surface area contributed by atoms with Gasteiger partial charge in [-0.05, 0) is 30.0 Å². The van der Waals surface area contributed by atoms with Crippen LogP contribution in [0.3, 0.4) is 0 Å². The fourth-order valence-electron chi connectivity index (χ4n) is 1.84. The number of hydrogen-bond donors (Lipinski definition) is 0. The molecule has 0 amide bonds. The second-order valence-corrected chi connectivity index (χ2v) is 5.94. The maximum atomic E-state index is 12.3. The van der Waals surface area contributed by atoms with E-state index in [4.69, 9.17) is 0 Å². The van der Waals surface area contributed by atoms with Gasteiger partial charge in [0.25, 0.3) is 0 Å². The Morgan fingerprint density at radius 1 is 1.12 bits per heavy atom. The van der Waals surface area contributed by atoms with E-state index in [2.05, 4.69) is 11.4 Å². The number of rotatable bonds is 2. The van der Waals surface area contributed by atoms with E-state index in [-0.39, 0.29) is 5.78 Å². The number of carbonyl (C=O) groups excluding carboxylic acids is 1. The SMILES string of the molecule is Cc1ccccc1C(=O)c1cc2sccc2s1. The summed E-state index contributed by atoms with van der Waals surface area (Å²) in [5.74, 6) is 0.136. The van der Waals surface area contributed by atoms with Crippen molar-refractivity contribution in [3.63, 3.8) is 0 Å². The van der Waals surface area contributed by atoms with Crippen molar-refractivity contribution in [3.05, 3.63) is 57.8 Å². The Morgan fingerprint density at radius 2 is 1.94 bits per heavy atom. The van der Waals surface area contributed by atoms with Gasteiger partial charge in [-0.2, -0.15) is 0 Å². The standard InChI is InChI=1S/C14H10OS2/c1-9-4-2-3-5-10(9)14(15)13-8-12-11(17-13)6-7-16-12/h2-8H,1H3. The van der Waals surface area contributed by atoms with Crippen LogP contribution in [0.5, 0.6) is 0 Å². The number of thiophene rings is 2. The molecule has 0 N–H and O–H groups in total. The van der Waals surface area contributed by atoms with Gasteiger partial charge in [-0.25, -0.2) is 0 Å². The van der Waals surface area contributed by atoms with E-state index in [1.165, 1.54) is 9.40 Å². The van der Waals surface area contributed by atoms with Gasteiger partial charge in [-0.15, -0.1) is 22.7 Å². The lowest BCUT2D eigenvalue weighted by Gasteiger charge is -2.01. The van der Waals surface area contributed by atoms with Crippen LogP contribution in [-0.4, -0.2) is 5.78 Å². The van der Waals surface area contributed by atoms with E-state index in [1.54, 1.807) is 22.7 Å². The van der Waals surface area contributed by atoms with Gasteiger partial charge in [0.15, 0.2) is 0 Å². The van der Waals surface area contributed by atoms with Crippen LogP contribution < -0.4 is 0 Å². The molecule has 0 fully saturated rings. The topological polar surface area (TPSA) is 17.1 Å². The van der Waals surface area contributed by atoms with Crippen LogP contribution in [0.4, 0.5) is 0 Å². The number of ketones is 1. The molecule has 2 aromatic heterocycles. The van der Waals surface area contributed by atoms with E-state index < -0.39 is 0 Å². The van der Waals surface area contributed by atoms with Crippen LogP contribution in [0, 0.1) is 6.92 Å². The van der Waals surface area contributed by atoms with Crippen LogP contribution >= 0.6 is 22.7 Å². The van der Waals surface area contributed by atoms with Crippen LogP contribution in [0.2, 0.25) is 0 Å². The maximum absolute atomic E-state index is 12.3. The Bertz CT molecular complexity index is 662. The van der Waals surface area contributed by atoms with Gasteiger partial charge in [-0.1, -0.05) is 24.3 Å². The van der Waals surface area contributed by atoms with Crippen molar-refractivity contribution >= 4 is 37.9 Å². The molecular formula is C14H10OS2. The Hall–Kier alpha value is -1.45. The van der Waals surface area contributed by atoms with Crippen molar-refractivity contribution in [1.82, 2.24) is 0 Å². The molecule has 0 aliphatic heterocycles. The van der Waals surface area contributed by atoms with Gasteiger partial charge in [0, 0.05) is 15.0 Å². The third kappa shape index (κ3) is 1.81. The predicted octanol–water partition coefficient (Wildman–Crippen LogP) is 4.50. The molecule has 1 aromatic carbocycles. The average molecular weight is 258 g/mol. The molecule has 0 radical (unpaired) electrons. The molecule has 1 nitrogen and oxygen atoms in total. The summed E-state index contributed by atoms with van der Waals surface area (Å²) in [5, 5.41) is 2.06. The lowest BCUT2D eigenvalue weighted by Crippen LogP contribution is -2.00. The largest absolute Gasteiger partial charge is 0.288 e. The van der Waals surface area contributed by atoms with Gasteiger partial charge in [-0.3, -0.25) is 4.79 Å². The number of fused-ring (bicyclic) bond motifs is 1. The fraction of sp³-hybridized carbons (Fsp3) is 0.0714. The lowest BCUT2D eigenvalue weighted by molar-refractivity contribution is 0.104. The van der Waals surface area contributed by atoms with Crippen molar-refractivity contribution in [3.8, 4) is 0 Å². The van der Waals surface area contributed by atoms with E-state index in [1.807, 2.05) is 37.3 Å². The normalized spacial score (nSPS) is 10.9. The highest BCUT2D eigenvalue weighted by Crippen LogP contribution is 2.31. The second-order valence-electron chi connectivity index (χ2n) is 3.90. The summed E-state index contributed by atoms with van der Waals surface area (Å²) in [5.41, 5.74) is 1.84. The molecule has 3 rings (SSSR count). The number of carbonyl (C=O) groups is 1.